The molecule has 0 radical (unpaired) electrons. The topological polar surface area (TPSA) is 113 Å². The van der Waals surface area contributed by atoms with Gasteiger partial charge in [-0.05, 0) is 18.2 Å². The number of carboxylic acids is 1. The SMILES string of the molecule is NC(=O)c1cc(F)ccc1N1CCNC(=O)C1CC(=O)O. The molecule has 7 nitrogen and oxygen atoms in total. The van der Waals surface area contributed by atoms with Crippen LogP contribution in [0, 0.1) is 5.82 Å². The monoisotopic (exact) mass is 295 g/mol. The lowest BCUT2D eigenvalue weighted by atomic mass is 10.0. The van der Waals surface area contributed by atoms with E-state index in [2.05, 4.69) is 5.32 Å². The second kappa shape index (κ2) is 5.78. The summed E-state index contributed by atoms with van der Waals surface area (Å²) in [5.41, 5.74) is 5.39. The second-order valence-corrected chi connectivity index (χ2v) is 4.62. The first-order valence-electron chi connectivity index (χ1n) is 6.25. The van der Waals surface area contributed by atoms with Crippen LogP contribution in [0.3, 0.4) is 0 Å². The van der Waals surface area contributed by atoms with Crippen molar-refractivity contribution in [2.75, 3.05) is 18.0 Å². The molecule has 0 bridgehead atoms. The molecule has 1 fully saturated rings. The number of nitrogens with one attached hydrogen (secondary N) is 1. The molecule has 0 saturated carbocycles. The first kappa shape index (κ1) is 14.8. The van der Waals surface area contributed by atoms with Gasteiger partial charge in [-0.3, -0.25) is 14.4 Å². The molecule has 0 aliphatic carbocycles. The average molecular weight is 295 g/mol. The Labute approximate surface area is 119 Å². The van der Waals surface area contributed by atoms with Gasteiger partial charge >= 0.3 is 5.97 Å². The maximum atomic E-state index is 13.3. The highest BCUT2D eigenvalue weighted by Crippen LogP contribution is 2.25. The molecule has 2 amide bonds. The molecule has 1 aromatic rings. The molecule has 1 aliphatic rings. The molecular weight excluding hydrogens is 281 g/mol. The van der Waals surface area contributed by atoms with E-state index < -0.39 is 36.1 Å². The molecule has 4 N–H and O–H groups in total. The van der Waals surface area contributed by atoms with Gasteiger partial charge in [-0.1, -0.05) is 0 Å². The lowest BCUT2D eigenvalue weighted by Gasteiger charge is -2.36. The number of amides is 2. The first-order valence-corrected chi connectivity index (χ1v) is 6.25. The Morgan fingerprint density at radius 2 is 2.19 bits per heavy atom. The van der Waals surface area contributed by atoms with Gasteiger partial charge in [0.25, 0.3) is 5.91 Å². The van der Waals surface area contributed by atoms with E-state index in [1.807, 2.05) is 0 Å². The highest BCUT2D eigenvalue weighted by Gasteiger charge is 2.33. The minimum atomic E-state index is -1.15. The van der Waals surface area contributed by atoms with E-state index in [-0.39, 0.29) is 11.3 Å². The van der Waals surface area contributed by atoms with Gasteiger partial charge < -0.3 is 21.1 Å². The van der Waals surface area contributed by atoms with E-state index in [0.717, 1.165) is 12.1 Å². The van der Waals surface area contributed by atoms with Crippen molar-refractivity contribution >= 4 is 23.5 Å². The number of benzene rings is 1. The number of aliphatic carboxylic acids is 1. The van der Waals surface area contributed by atoms with E-state index in [1.54, 1.807) is 0 Å². The molecular formula is C13H14FN3O4. The van der Waals surface area contributed by atoms with Crippen LogP contribution in [-0.4, -0.2) is 42.0 Å². The zero-order valence-corrected chi connectivity index (χ0v) is 11.0. The smallest absolute Gasteiger partial charge is 0.305 e. The highest BCUT2D eigenvalue weighted by atomic mass is 19.1. The van der Waals surface area contributed by atoms with Crippen molar-refractivity contribution in [3.63, 3.8) is 0 Å². The Balaban J connectivity index is 2.44. The number of hydrogen-bond donors (Lipinski definition) is 3. The van der Waals surface area contributed by atoms with Gasteiger partial charge in [-0.25, -0.2) is 4.39 Å². The number of piperazine rings is 1. The first-order chi connectivity index (χ1) is 9.90. The molecule has 1 aliphatic heterocycles. The molecule has 8 heteroatoms. The minimum absolute atomic E-state index is 0.0833. The van der Waals surface area contributed by atoms with Crippen LogP contribution in [0.1, 0.15) is 16.8 Å². The summed E-state index contributed by atoms with van der Waals surface area (Å²) in [7, 11) is 0. The summed E-state index contributed by atoms with van der Waals surface area (Å²) in [6.45, 7) is 0.597. The van der Waals surface area contributed by atoms with Crippen LogP contribution in [0.5, 0.6) is 0 Å². The van der Waals surface area contributed by atoms with E-state index in [9.17, 15) is 18.8 Å². The Hall–Kier alpha value is -2.64. The third-order valence-electron chi connectivity index (χ3n) is 3.23. The number of carbonyl (C=O) groups excluding carboxylic acids is 2. The van der Waals surface area contributed by atoms with Crippen LogP contribution in [0.15, 0.2) is 18.2 Å². The summed E-state index contributed by atoms with van der Waals surface area (Å²) in [4.78, 5) is 35.7. The predicted molar refractivity (Wildman–Crippen MR) is 71.3 cm³/mol. The van der Waals surface area contributed by atoms with Gasteiger partial charge in [0.15, 0.2) is 0 Å². The van der Waals surface area contributed by atoms with E-state index >= 15 is 0 Å². The summed E-state index contributed by atoms with van der Waals surface area (Å²) >= 11 is 0. The number of primary amides is 1. The van der Waals surface area contributed by atoms with Gasteiger partial charge in [-0.2, -0.15) is 0 Å². The third-order valence-corrected chi connectivity index (χ3v) is 3.23. The predicted octanol–water partition coefficient (Wildman–Crippen LogP) is -0.296. The Kier molecular flexibility index (Phi) is 4.06. The van der Waals surface area contributed by atoms with Gasteiger partial charge in [-0.15, -0.1) is 0 Å². The zero-order valence-electron chi connectivity index (χ0n) is 11.0. The highest BCUT2D eigenvalue weighted by molar-refractivity contribution is 6.00. The van der Waals surface area contributed by atoms with Gasteiger partial charge in [0.05, 0.1) is 17.7 Å². The van der Waals surface area contributed by atoms with Gasteiger partial charge in [0, 0.05) is 13.1 Å². The van der Waals surface area contributed by atoms with Crippen molar-refractivity contribution in [3.05, 3.63) is 29.6 Å². The van der Waals surface area contributed by atoms with Crippen molar-refractivity contribution < 1.29 is 23.9 Å². The normalized spacial score (nSPS) is 18.2. The van der Waals surface area contributed by atoms with E-state index in [0.29, 0.717) is 13.1 Å². The Bertz CT molecular complexity index is 605. The fourth-order valence-electron chi connectivity index (χ4n) is 2.33. The van der Waals surface area contributed by atoms with Crippen LogP contribution < -0.4 is 16.0 Å². The number of halogens is 1. The zero-order chi connectivity index (χ0) is 15.6. The van der Waals surface area contributed by atoms with Crippen LogP contribution in [0.2, 0.25) is 0 Å². The van der Waals surface area contributed by atoms with Crippen LogP contribution >= 0.6 is 0 Å². The number of nitrogens with two attached hydrogens (primary N) is 1. The average Bonchev–Trinajstić information content (AvgIpc) is 2.41. The van der Waals surface area contributed by atoms with Crippen molar-refractivity contribution in [3.8, 4) is 0 Å². The van der Waals surface area contributed by atoms with Crippen LogP contribution in [0.4, 0.5) is 10.1 Å². The van der Waals surface area contributed by atoms with Crippen molar-refractivity contribution in [2.45, 2.75) is 12.5 Å². The summed E-state index contributed by atoms with van der Waals surface area (Å²) < 4.78 is 13.3. The third kappa shape index (κ3) is 3.10. The molecule has 1 unspecified atom stereocenters. The number of nitrogens with zero attached hydrogens (tertiary/aromatic N) is 1. The fraction of sp³-hybridized carbons (Fsp3) is 0.308. The van der Waals surface area contributed by atoms with E-state index in [1.165, 1.54) is 11.0 Å². The summed E-state index contributed by atoms with van der Waals surface area (Å²) in [6.07, 6.45) is -0.429. The molecule has 1 heterocycles. The molecule has 2 rings (SSSR count). The van der Waals surface area contributed by atoms with Gasteiger partial charge in [0.1, 0.15) is 11.9 Å². The number of carboxylic acid groups (broad SMARTS) is 1. The standard InChI is InChI=1S/C13H14FN3O4/c14-7-1-2-9(8(5-7)12(15)20)17-4-3-16-13(21)10(17)6-11(18)19/h1-2,5,10H,3-4,6H2,(H2,15,20)(H,16,21)(H,18,19). The molecule has 1 atom stereocenters. The molecule has 21 heavy (non-hydrogen) atoms. The number of rotatable bonds is 4. The van der Waals surface area contributed by atoms with Crippen molar-refractivity contribution in [2.24, 2.45) is 5.73 Å². The second-order valence-electron chi connectivity index (χ2n) is 4.62. The number of carbonyl (C=O) groups is 3. The maximum absolute atomic E-state index is 13.3. The largest absolute Gasteiger partial charge is 0.481 e. The van der Waals surface area contributed by atoms with Gasteiger partial charge in [0.2, 0.25) is 5.91 Å². The maximum Gasteiger partial charge on any atom is 0.305 e. The van der Waals surface area contributed by atoms with Crippen LogP contribution in [0.25, 0.3) is 0 Å². The lowest BCUT2D eigenvalue weighted by Crippen LogP contribution is -2.56. The molecule has 1 aromatic carbocycles. The summed E-state index contributed by atoms with van der Waals surface area (Å²) in [5, 5.41) is 11.5. The molecule has 112 valence electrons. The number of anilines is 1. The molecule has 0 spiro atoms. The lowest BCUT2D eigenvalue weighted by molar-refractivity contribution is -0.139. The Morgan fingerprint density at radius 3 is 2.81 bits per heavy atom. The fourth-order valence-corrected chi connectivity index (χ4v) is 2.33. The van der Waals surface area contributed by atoms with Crippen LogP contribution in [-0.2, 0) is 9.59 Å². The summed E-state index contributed by atoms with van der Waals surface area (Å²) in [6, 6.07) is 2.46. The quantitative estimate of drug-likeness (QED) is 0.706. The number of hydrogen-bond acceptors (Lipinski definition) is 4. The minimum Gasteiger partial charge on any atom is -0.481 e. The van der Waals surface area contributed by atoms with Crippen molar-refractivity contribution in [1.82, 2.24) is 5.32 Å². The molecule has 1 saturated heterocycles. The molecule has 0 aromatic heterocycles. The van der Waals surface area contributed by atoms with E-state index in [4.69, 9.17) is 10.8 Å². The summed E-state index contributed by atoms with van der Waals surface area (Å²) in [5.74, 6) is -3.08. The Morgan fingerprint density at radius 1 is 1.48 bits per heavy atom. The van der Waals surface area contributed by atoms with Crippen molar-refractivity contribution in [1.29, 1.82) is 0 Å².